The Morgan fingerprint density at radius 1 is 1.11 bits per heavy atom. The predicted molar refractivity (Wildman–Crippen MR) is 143 cm³/mol. The molecule has 4 aliphatic rings. The van der Waals surface area contributed by atoms with Crippen LogP contribution in [0.3, 0.4) is 0 Å². The molecule has 2 aliphatic carbocycles. The molecule has 2 aromatic rings. The summed E-state index contributed by atoms with van der Waals surface area (Å²) >= 11 is 1.77. The van der Waals surface area contributed by atoms with Gasteiger partial charge in [0, 0.05) is 21.1 Å². The zero-order valence-electron chi connectivity index (χ0n) is 21.7. The molecule has 0 radical (unpaired) electrons. The van der Waals surface area contributed by atoms with Gasteiger partial charge in [-0.2, -0.15) is 0 Å². The van der Waals surface area contributed by atoms with Gasteiger partial charge in [-0.25, -0.2) is 4.79 Å². The number of carbonyl (C=O) groups is 1. The number of ether oxygens (including phenoxy) is 3. The maximum absolute atomic E-state index is 12.7. The van der Waals surface area contributed by atoms with Gasteiger partial charge in [-0.3, -0.25) is 0 Å². The first-order valence-corrected chi connectivity index (χ1v) is 14.3. The fourth-order valence-electron chi connectivity index (χ4n) is 7.59. The Morgan fingerprint density at radius 2 is 1.95 bits per heavy atom. The molecule has 0 spiro atoms. The monoisotopic (exact) mass is 520 g/mol. The van der Waals surface area contributed by atoms with E-state index in [2.05, 4.69) is 44.7 Å². The summed E-state index contributed by atoms with van der Waals surface area (Å²) in [6.45, 7) is 10.4. The molecule has 3 heterocycles. The highest BCUT2D eigenvalue weighted by molar-refractivity contribution is 8.00. The second kappa shape index (κ2) is 9.79. The highest BCUT2D eigenvalue weighted by Crippen LogP contribution is 2.64. The van der Waals surface area contributed by atoms with E-state index in [0.29, 0.717) is 25.0 Å². The summed E-state index contributed by atoms with van der Waals surface area (Å²) < 4.78 is 23.8. The minimum atomic E-state index is -0.432. The van der Waals surface area contributed by atoms with Crippen LogP contribution in [-0.2, 0) is 19.0 Å². The molecule has 196 valence electrons. The molecular weight excluding hydrogens is 484 g/mol. The molecule has 3 fully saturated rings. The van der Waals surface area contributed by atoms with Gasteiger partial charge in [0.2, 0.25) is 6.29 Å². The van der Waals surface area contributed by atoms with Gasteiger partial charge in [0.05, 0.1) is 19.0 Å². The predicted octanol–water partition coefficient (Wildman–Crippen LogP) is 7.12. The molecule has 1 aromatic heterocycles. The molecule has 5 nitrogen and oxygen atoms in total. The summed E-state index contributed by atoms with van der Waals surface area (Å²) in [5, 5.41) is 0.0300. The van der Waals surface area contributed by atoms with Crippen LogP contribution in [0.4, 0.5) is 0 Å². The van der Waals surface area contributed by atoms with Gasteiger partial charge < -0.3 is 18.6 Å². The summed E-state index contributed by atoms with van der Waals surface area (Å²) in [4.78, 5) is 13.9. The summed E-state index contributed by atoms with van der Waals surface area (Å²) in [6, 6.07) is 14.2. The van der Waals surface area contributed by atoms with Crippen LogP contribution >= 0.6 is 11.8 Å². The zero-order chi connectivity index (χ0) is 25.6. The van der Waals surface area contributed by atoms with Crippen molar-refractivity contribution in [2.24, 2.45) is 22.7 Å². The lowest BCUT2D eigenvalue weighted by atomic mass is 9.46. The van der Waals surface area contributed by atoms with Crippen molar-refractivity contribution in [2.75, 3.05) is 13.2 Å². The van der Waals surface area contributed by atoms with Gasteiger partial charge in [0.15, 0.2) is 5.76 Å². The summed E-state index contributed by atoms with van der Waals surface area (Å²) in [5.41, 5.74) is 2.10. The second-order valence-corrected chi connectivity index (χ2v) is 12.8. The van der Waals surface area contributed by atoms with E-state index in [-0.39, 0.29) is 28.2 Å². The van der Waals surface area contributed by atoms with Gasteiger partial charge in [-0.15, -0.1) is 11.8 Å². The average Bonchev–Trinajstić information content (AvgIpc) is 3.58. The average molecular weight is 521 g/mol. The van der Waals surface area contributed by atoms with E-state index in [0.717, 1.165) is 43.4 Å². The Hall–Kier alpha value is -2.28. The van der Waals surface area contributed by atoms with E-state index in [1.807, 2.05) is 24.3 Å². The van der Waals surface area contributed by atoms with Crippen molar-refractivity contribution in [1.82, 2.24) is 0 Å². The van der Waals surface area contributed by atoms with Crippen molar-refractivity contribution in [1.29, 1.82) is 0 Å². The molecule has 7 unspecified atom stereocenters. The van der Waals surface area contributed by atoms with Crippen molar-refractivity contribution in [2.45, 2.75) is 68.5 Å². The van der Waals surface area contributed by atoms with Crippen LogP contribution in [0.1, 0.15) is 58.0 Å². The maximum Gasteiger partial charge on any atom is 0.335 e. The number of hydrogen-bond donors (Lipinski definition) is 0. The number of thioether (sulfide) groups is 1. The smallest absolute Gasteiger partial charge is 0.335 e. The third kappa shape index (κ3) is 4.41. The van der Waals surface area contributed by atoms with Gasteiger partial charge in [0.25, 0.3) is 0 Å². The van der Waals surface area contributed by atoms with E-state index in [9.17, 15) is 4.79 Å². The lowest BCUT2D eigenvalue weighted by molar-refractivity contribution is -0.311. The van der Waals surface area contributed by atoms with Crippen molar-refractivity contribution >= 4 is 17.7 Å². The van der Waals surface area contributed by atoms with Crippen molar-refractivity contribution in [3.8, 4) is 0 Å². The first kappa shape index (κ1) is 25.0. The standard InChI is InChI=1S/C31H36O5S/c1-20-11-12-26-30(2,15-13-27-31(26,3)19-35-29(36-27)24-10-7-16-33-24)23(20)18-25(22-14-17-34-28(22)32)37-21-8-5-4-6-9-21/h4-10,14,16,23,25-27,29H,1,11-13,15,17-19H2,2-3H3. The molecular formula is C31H36O5S. The molecule has 2 saturated carbocycles. The van der Waals surface area contributed by atoms with Crippen molar-refractivity contribution < 1.29 is 23.4 Å². The number of hydrogen-bond acceptors (Lipinski definition) is 6. The van der Waals surface area contributed by atoms with E-state index in [4.69, 9.17) is 18.6 Å². The van der Waals surface area contributed by atoms with Gasteiger partial charge in [0.1, 0.15) is 6.61 Å². The highest BCUT2D eigenvalue weighted by Gasteiger charge is 2.60. The summed E-state index contributed by atoms with van der Waals surface area (Å²) in [6.07, 6.45) is 8.37. The number of rotatable bonds is 6. The lowest BCUT2D eigenvalue weighted by Crippen LogP contribution is -2.60. The molecule has 2 aliphatic heterocycles. The zero-order valence-corrected chi connectivity index (χ0v) is 22.5. The Morgan fingerprint density at radius 3 is 2.68 bits per heavy atom. The molecule has 6 rings (SSSR count). The molecule has 0 N–H and O–H groups in total. The minimum Gasteiger partial charge on any atom is -0.464 e. The third-order valence-electron chi connectivity index (χ3n) is 9.50. The molecule has 1 aromatic carbocycles. The number of benzene rings is 1. The fraction of sp³-hybridized carbons (Fsp3) is 0.516. The van der Waals surface area contributed by atoms with E-state index in [1.54, 1.807) is 18.0 Å². The number of cyclic esters (lactones) is 1. The number of carbonyl (C=O) groups excluding carboxylic acids is 1. The Labute approximate surface area is 223 Å². The summed E-state index contributed by atoms with van der Waals surface area (Å²) in [7, 11) is 0. The number of furan rings is 1. The Kier molecular flexibility index (Phi) is 6.62. The molecule has 37 heavy (non-hydrogen) atoms. The minimum absolute atomic E-state index is 0.0300. The van der Waals surface area contributed by atoms with E-state index < -0.39 is 6.29 Å². The molecule has 1 saturated heterocycles. The van der Waals surface area contributed by atoms with Crippen LogP contribution in [0.5, 0.6) is 0 Å². The molecule has 0 bridgehead atoms. The van der Waals surface area contributed by atoms with Gasteiger partial charge in [-0.05, 0) is 79.7 Å². The molecule has 7 atom stereocenters. The molecule has 0 amide bonds. The van der Waals surface area contributed by atoms with Crippen LogP contribution < -0.4 is 0 Å². The molecule has 6 heteroatoms. The van der Waals surface area contributed by atoms with Crippen LogP contribution in [-0.4, -0.2) is 30.5 Å². The quantitative estimate of drug-likeness (QED) is 0.230. The highest BCUT2D eigenvalue weighted by atomic mass is 32.2. The largest absolute Gasteiger partial charge is 0.464 e. The normalized spacial score (nSPS) is 36.3. The Balaban J connectivity index is 1.27. The van der Waals surface area contributed by atoms with Crippen LogP contribution in [0.15, 0.2) is 81.8 Å². The fourth-order valence-corrected chi connectivity index (χ4v) is 8.85. The number of allylic oxidation sites excluding steroid dienone is 1. The number of fused-ring (bicyclic) bond motifs is 3. The first-order valence-electron chi connectivity index (χ1n) is 13.5. The summed E-state index contributed by atoms with van der Waals surface area (Å²) in [5.74, 6) is 1.31. The number of esters is 1. The first-order chi connectivity index (χ1) is 17.9. The van der Waals surface area contributed by atoms with Crippen LogP contribution in [0, 0.1) is 22.7 Å². The SMILES string of the molecule is C=C1CCC2C3(C)COC(c4ccco4)OC3CCC2(C)C1CC(Sc1ccccc1)C1=CCOC1=O. The van der Waals surface area contributed by atoms with Crippen molar-refractivity contribution in [3.63, 3.8) is 0 Å². The maximum atomic E-state index is 12.7. The lowest BCUT2D eigenvalue weighted by Gasteiger charge is -2.62. The van der Waals surface area contributed by atoms with Gasteiger partial charge in [-0.1, -0.05) is 44.2 Å². The van der Waals surface area contributed by atoms with Gasteiger partial charge >= 0.3 is 5.97 Å². The van der Waals surface area contributed by atoms with Crippen molar-refractivity contribution in [3.05, 3.63) is 78.3 Å². The van der Waals surface area contributed by atoms with E-state index >= 15 is 0 Å². The van der Waals surface area contributed by atoms with E-state index in [1.165, 1.54) is 10.5 Å². The topological polar surface area (TPSA) is 57.9 Å². The van der Waals surface area contributed by atoms with Crippen LogP contribution in [0.2, 0.25) is 0 Å². The van der Waals surface area contributed by atoms with Crippen LogP contribution in [0.25, 0.3) is 0 Å². The second-order valence-electron chi connectivity index (χ2n) is 11.5. The Bertz CT molecular complexity index is 1170. The third-order valence-corrected chi connectivity index (χ3v) is 10.8.